The van der Waals surface area contributed by atoms with Crippen LogP contribution in [0.2, 0.25) is 0 Å². The molecule has 1 aromatic heterocycles. The third-order valence-electron chi connectivity index (χ3n) is 1.31. The smallest absolute Gasteiger partial charge is 0.266 e. The van der Waals surface area contributed by atoms with E-state index in [0.29, 0.717) is 5.69 Å². The van der Waals surface area contributed by atoms with E-state index in [0.717, 1.165) is 5.56 Å². The van der Waals surface area contributed by atoms with Crippen molar-refractivity contribution in [3.05, 3.63) is 29.6 Å². The van der Waals surface area contributed by atoms with Crippen molar-refractivity contribution in [1.82, 2.24) is 9.82 Å². The molecule has 0 aromatic carbocycles. The summed E-state index contributed by atoms with van der Waals surface area (Å²) in [7, 11) is 0. The second-order valence-corrected chi connectivity index (χ2v) is 2.28. The van der Waals surface area contributed by atoms with E-state index in [9.17, 15) is 4.79 Å². The number of nitrogens with one attached hydrogen (secondary N) is 1. The van der Waals surface area contributed by atoms with Crippen LogP contribution in [-0.4, -0.2) is 10.9 Å². The molecule has 1 aromatic rings. The first-order valence-corrected chi connectivity index (χ1v) is 3.46. The number of amides is 1. The highest BCUT2D eigenvalue weighted by Crippen LogP contribution is 2.02. The van der Waals surface area contributed by atoms with Crippen molar-refractivity contribution in [2.24, 2.45) is 0 Å². The Hall–Kier alpha value is -1.09. The SMILES string of the molecule is Cc1cccnc1C(=O)NCl. The standard InChI is InChI=1S/C7H7ClN2O/c1-5-3-2-4-9-6(5)7(11)10-8/h2-4H,1H3,(H,10,11). The second-order valence-electron chi connectivity index (χ2n) is 2.09. The van der Waals surface area contributed by atoms with E-state index in [-0.39, 0.29) is 5.91 Å². The van der Waals surface area contributed by atoms with Gasteiger partial charge in [-0.1, -0.05) is 6.07 Å². The summed E-state index contributed by atoms with van der Waals surface area (Å²) < 4.78 is 0. The molecule has 1 heterocycles. The van der Waals surface area contributed by atoms with Crippen LogP contribution < -0.4 is 4.84 Å². The molecule has 0 aliphatic carbocycles. The molecule has 11 heavy (non-hydrogen) atoms. The lowest BCUT2D eigenvalue weighted by molar-refractivity contribution is 0.0976. The number of carbonyl (C=O) groups excluding carboxylic acids is 1. The van der Waals surface area contributed by atoms with E-state index in [1.54, 1.807) is 25.3 Å². The molecule has 0 saturated heterocycles. The zero-order chi connectivity index (χ0) is 8.27. The Morgan fingerprint density at radius 2 is 2.45 bits per heavy atom. The highest BCUT2D eigenvalue weighted by atomic mass is 35.5. The van der Waals surface area contributed by atoms with Crippen molar-refractivity contribution >= 4 is 17.7 Å². The van der Waals surface area contributed by atoms with Gasteiger partial charge in [0, 0.05) is 18.0 Å². The van der Waals surface area contributed by atoms with Crippen LogP contribution in [0.15, 0.2) is 18.3 Å². The van der Waals surface area contributed by atoms with E-state index in [2.05, 4.69) is 4.98 Å². The average Bonchev–Trinajstić information content (AvgIpc) is 2.04. The van der Waals surface area contributed by atoms with E-state index < -0.39 is 0 Å². The van der Waals surface area contributed by atoms with E-state index >= 15 is 0 Å². The average molecular weight is 171 g/mol. The Kier molecular flexibility index (Phi) is 2.44. The Bertz CT molecular complexity index is 275. The lowest BCUT2D eigenvalue weighted by Gasteiger charge is -1.99. The fourth-order valence-corrected chi connectivity index (χ4v) is 0.858. The molecule has 0 atom stereocenters. The number of nitrogens with zero attached hydrogens (tertiary/aromatic N) is 1. The molecule has 1 N–H and O–H groups in total. The normalized spacial score (nSPS) is 9.27. The van der Waals surface area contributed by atoms with E-state index in [1.807, 2.05) is 4.84 Å². The topological polar surface area (TPSA) is 42.0 Å². The molecule has 0 bridgehead atoms. The molecule has 3 nitrogen and oxygen atoms in total. The molecular weight excluding hydrogens is 164 g/mol. The molecule has 4 heteroatoms. The monoisotopic (exact) mass is 170 g/mol. The summed E-state index contributed by atoms with van der Waals surface area (Å²) in [5.74, 6) is -0.371. The van der Waals surface area contributed by atoms with Gasteiger partial charge >= 0.3 is 0 Å². The number of aryl methyl sites for hydroxylation is 1. The number of hydrogen-bond acceptors (Lipinski definition) is 2. The van der Waals surface area contributed by atoms with Crippen molar-refractivity contribution < 1.29 is 4.79 Å². The first kappa shape index (κ1) is 8.01. The first-order chi connectivity index (χ1) is 5.25. The van der Waals surface area contributed by atoms with Crippen molar-refractivity contribution in [3.63, 3.8) is 0 Å². The summed E-state index contributed by atoms with van der Waals surface area (Å²) in [6, 6.07) is 3.56. The maximum Gasteiger partial charge on any atom is 0.284 e. The molecule has 0 saturated carbocycles. The van der Waals surface area contributed by atoms with Gasteiger partial charge in [0.2, 0.25) is 0 Å². The Morgan fingerprint density at radius 3 is 3.00 bits per heavy atom. The fraction of sp³-hybridized carbons (Fsp3) is 0.143. The summed E-state index contributed by atoms with van der Waals surface area (Å²) in [4.78, 5) is 16.8. The highest BCUT2D eigenvalue weighted by molar-refractivity contribution is 6.24. The molecule has 0 radical (unpaired) electrons. The van der Waals surface area contributed by atoms with Gasteiger partial charge in [-0.3, -0.25) is 14.6 Å². The zero-order valence-electron chi connectivity index (χ0n) is 5.97. The summed E-state index contributed by atoms with van der Waals surface area (Å²) in [5.41, 5.74) is 1.17. The molecule has 58 valence electrons. The van der Waals surface area contributed by atoms with Crippen LogP contribution >= 0.6 is 11.8 Å². The maximum atomic E-state index is 10.9. The van der Waals surface area contributed by atoms with Crippen LogP contribution in [0.25, 0.3) is 0 Å². The molecule has 1 rings (SSSR count). The number of halogens is 1. The molecule has 1 amide bonds. The van der Waals surface area contributed by atoms with Gasteiger partial charge in [0.05, 0.1) is 0 Å². The van der Waals surface area contributed by atoms with Gasteiger partial charge in [-0.2, -0.15) is 0 Å². The Balaban J connectivity index is 3.03. The number of pyridine rings is 1. The predicted molar refractivity (Wildman–Crippen MR) is 42.3 cm³/mol. The maximum absolute atomic E-state index is 10.9. The van der Waals surface area contributed by atoms with Crippen LogP contribution in [0.1, 0.15) is 16.1 Å². The van der Waals surface area contributed by atoms with Gasteiger partial charge in [-0.15, -0.1) is 0 Å². The summed E-state index contributed by atoms with van der Waals surface area (Å²) in [6.07, 6.45) is 1.55. The summed E-state index contributed by atoms with van der Waals surface area (Å²) in [6.45, 7) is 1.80. The quantitative estimate of drug-likeness (QED) is 0.645. The second kappa shape index (κ2) is 3.34. The van der Waals surface area contributed by atoms with Crippen molar-refractivity contribution in [3.8, 4) is 0 Å². The van der Waals surface area contributed by atoms with Gasteiger partial charge in [0.1, 0.15) is 5.69 Å². The minimum absolute atomic E-state index is 0.363. The number of hydrogen-bond donors (Lipinski definition) is 1. The lowest BCUT2D eigenvalue weighted by Crippen LogP contribution is -2.15. The third-order valence-corrected chi connectivity index (χ3v) is 1.48. The lowest BCUT2D eigenvalue weighted by atomic mass is 10.2. The van der Waals surface area contributed by atoms with Crippen LogP contribution in [0.4, 0.5) is 0 Å². The van der Waals surface area contributed by atoms with Gasteiger partial charge < -0.3 is 0 Å². The zero-order valence-corrected chi connectivity index (χ0v) is 6.72. The van der Waals surface area contributed by atoms with Crippen LogP contribution in [0.3, 0.4) is 0 Å². The minimum atomic E-state index is -0.371. The molecule has 0 aliphatic rings. The van der Waals surface area contributed by atoms with E-state index in [4.69, 9.17) is 11.8 Å². The highest BCUT2D eigenvalue weighted by Gasteiger charge is 2.06. The van der Waals surface area contributed by atoms with Gasteiger partial charge in [-0.25, -0.2) is 0 Å². The van der Waals surface area contributed by atoms with Gasteiger partial charge in [0.25, 0.3) is 5.91 Å². The van der Waals surface area contributed by atoms with E-state index in [1.165, 1.54) is 0 Å². The molecular formula is C7H7ClN2O. The third kappa shape index (κ3) is 1.68. The molecule has 0 fully saturated rings. The predicted octanol–water partition coefficient (Wildman–Crippen LogP) is 1.27. The minimum Gasteiger partial charge on any atom is -0.266 e. The first-order valence-electron chi connectivity index (χ1n) is 3.08. The number of aromatic nitrogens is 1. The summed E-state index contributed by atoms with van der Waals surface area (Å²) >= 11 is 5.12. The molecule has 0 unspecified atom stereocenters. The van der Waals surface area contributed by atoms with Gasteiger partial charge in [0.15, 0.2) is 0 Å². The largest absolute Gasteiger partial charge is 0.284 e. The summed E-state index contributed by atoms with van der Waals surface area (Å²) in [5, 5.41) is 0. The fourth-order valence-electron chi connectivity index (χ4n) is 0.768. The van der Waals surface area contributed by atoms with Crippen LogP contribution in [-0.2, 0) is 0 Å². The Morgan fingerprint density at radius 1 is 1.73 bits per heavy atom. The Labute approximate surface area is 69.5 Å². The van der Waals surface area contributed by atoms with Crippen LogP contribution in [0.5, 0.6) is 0 Å². The van der Waals surface area contributed by atoms with Crippen LogP contribution in [0, 0.1) is 6.92 Å². The number of carbonyl (C=O) groups is 1. The van der Waals surface area contributed by atoms with Gasteiger partial charge in [-0.05, 0) is 18.6 Å². The molecule has 0 aliphatic heterocycles. The molecule has 0 spiro atoms. The van der Waals surface area contributed by atoms with Crippen molar-refractivity contribution in [2.75, 3.05) is 0 Å². The van der Waals surface area contributed by atoms with Crippen molar-refractivity contribution in [1.29, 1.82) is 0 Å². The van der Waals surface area contributed by atoms with Crippen molar-refractivity contribution in [2.45, 2.75) is 6.92 Å². The number of rotatable bonds is 1.